The highest BCUT2D eigenvalue weighted by Crippen LogP contribution is 2.28. The SMILES string of the molecule is COc1ccc(C(Br)Cc2ccccc2)cc1. The summed E-state index contributed by atoms with van der Waals surface area (Å²) in [6.45, 7) is 0. The maximum atomic E-state index is 5.15. The molecule has 1 nitrogen and oxygen atoms in total. The van der Waals surface area contributed by atoms with Crippen molar-refractivity contribution in [3.8, 4) is 5.75 Å². The van der Waals surface area contributed by atoms with Crippen molar-refractivity contribution in [1.29, 1.82) is 0 Å². The first kappa shape index (κ1) is 12.2. The zero-order chi connectivity index (χ0) is 12.1. The molecule has 0 bridgehead atoms. The van der Waals surface area contributed by atoms with Crippen LogP contribution in [0.3, 0.4) is 0 Å². The Kier molecular flexibility index (Phi) is 4.21. The maximum absolute atomic E-state index is 5.15. The highest BCUT2D eigenvalue weighted by atomic mass is 79.9. The van der Waals surface area contributed by atoms with Gasteiger partial charge >= 0.3 is 0 Å². The lowest BCUT2D eigenvalue weighted by Gasteiger charge is -2.11. The zero-order valence-corrected chi connectivity index (χ0v) is 11.4. The summed E-state index contributed by atoms with van der Waals surface area (Å²) in [6.07, 6.45) is 0.993. The molecule has 0 saturated heterocycles. The molecule has 0 aromatic heterocycles. The van der Waals surface area contributed by atoms with Crippen LogP contribution in [0.4, 0.5) is 0 Å². The largest absolute Gasteiger partial charge is 0.497 e. The van der Waals surface area contributed by atoms with Gasteiger partial charge in [-0.25, -0.2) is 0 Å². The fourth-order valence-corrected chi connectivity index (χ4v) is 2.43. The predicted octanol–water partition coefficient (Wildman–Crippen LogP) is 4.37. The number of ether oxygens (including phenoxy) is 1. The number of hydrogen-bond acceptors (Lipinski definition) is 1. The van der Waals surface area contributed by atoms with Gasteiger partial charge in [-0.05, 0) is 29.7 Å². The van der Waals surface area contributed by atoms with Crippen molar-refractivity contribution < 1.29 is 4.74 Å². The summed E-state index contributed by atoms with van der Waals surface area (Å²) in [5, 5.41) is 0. The lowest BCUT2D eigenvalue weighted by molar-refractivity contribution is 0.414. The van der Waals surface area contributed by atoms with E-state index in [0.717, 1.165) is 12.2 Å². The monoisotopic (exact) mass is 290 g/mol. The summed E-state index contributed by atoms with van der Waals surface area (Å²) in [4.78, 5) is 0.343. The molecule has 0 radical (unpaired) electrons. The summed E-state index contributed by atoms with van der Waals surface area (Å²) in [5.74, 6) is 0.896. The second-order valence-electron chi connectivity index (χ2n) is 3.93. The Morgan fingerprint density at radius 2 is 1.65 bits per heavy atom. The lowest BCUT2D eigenvalue weighted by atomic mass is 10.0. The molecule has 0 spiro atoms. The zero-order valence-electron chi connectivity index (χ0n) is 9.77. The molecule has 2 aromatic carbocycles. The van der Waals surface area contributed by atoms with E-state index >= 15 is 0 Å². The number of hydrogen-bond donors (Lipinski definition) is 0. The van der Waals surface area contributed by atoms with Gasteiger partial charge in [0, 0.05) is 4.83 Å². The molecular weight excluding hydrogens is 276 g/mol. The Labute approximate surface area is 111 Å². The molecule has 0 aliphatic carbocycles. The molecule has 0 aliphatic heterocycles. The Bertz CT molecular complexity index is 450. The van der Waals surface area contributed by atoms with Gasteiger partial charge in [-0.2, -0.15) is 0 Å². The summed E-state index contributed by atoms with van der Waals surface area (Å²) >= 11 is 3.73. The van der Waals surface area contributed by atoms with Crippen LogP contribution in [0.15, 0.2) is 54.6 Å². The van der Waals surface area contributed by atoms with E-state index < -0.39 is 0 Å². The van der Waals surface area contributed by atoms with Gasteiger partial charge in [0.25, 0.3) is 0 Å². The van der Waals surface area contributed by atoms with Crippen LogP contribution in [0.25, 0.3) is 0 Å². The molecule has 1 atom stereocenters. The highest BCUT2D eigenvalue weighted by molar-refractivity contribution is 9.09. The van der Waals surface area contributed by atoms with Crippen LogP contribution in [0.1, 0.15) is 16.0 Å². The molecule has 0 saturated carbocycles. The van der Waals surface area contributed by atoms with Crippen molar-refractivity contribution in [3.05, 3.63) is 65.7 Å². The Hall–Kier alpha value is -1.28. The van der Waals surface area contributed by atoms with E-state index in [1.165, 1.54) is 11.1 Å². The maximum Gasteiger partial charge on any atom is 0.118 e. The summed E-state index contributed by atoms with van der Waals surface area (Å²) in [5.41, 5.74) is 2.61. The summed E-state index contributed by atoms with van der Waals surface area (Å²) < 4.78 is 5.15. The second-order valence-corrected chi connectivity index (χ2v) is 5.04. The smallest absolute Gasteiger partial charge is 0.118 e. The molecule has 0 aliphatic rings. The minimum absolute atomic E-state index is 0.343. The standard InChI is InChI=1S/C15H15BrO/c1-17-14-9-7-13(8-10-14)15(16)11-12-5-3-2-4-6-12/h2-10,15H,11H2,1H3. The lowest BCUT2D eigenvalue weighted by Crippen LogP contribution is -1.95. The van der Waals surface area contributed by atoms with Gasteiger partial charge in [-0.1, -0.05) is 58.4 Å². The van der Waals surface area contributed by atoms with Crippen LogP contribution in [-0.2, 0) is 6.42 Å². The number of halogens is 1. The molecule has 0 N–H and O–H groups in total. The Morgan fingerprint density at radius 3 is 2.24 bits per heavy atom. The first-order chi connectivity index (χ1) is 8.29. The second kappa shape index (κ2) is 5.87. The molecule has 1 unspecified atom stereocenters. The van der Waals surface area contributed by atoms with Crippen LogP contribution >= 0.6 is 15.9 Å². The average molecular weight is 291 g/mol. The summed E-state index contributed by atoms with van der Waals surface area (Å²) in [6, 6.07) is 18.7. The van der Waals surface area contributed by atoms with E-state index in [1.807, 2.05) is 18.2 Å². The predicted molar refractivity (Wildman–Crippen MR) is 74.8 cm³/mol. The van der Waals surface area contributed by atoms with Crippen molar-refractivity contribution in [1.82, 2.24) is 0 Å². The van der Waals surface area contributed by atoms with Crippen LogP contribution < -0.4 is 4.74 Å². The summed E-state index contributed by atoms with van der Waals surface area (Å²) in [7, 11) is 1.69. The number of methoxy groups -OCH3 is 1. The molecule has 2 rings (SSSR count). The van der Waals surface area contributed by atoms with Crippen molar-refractivity contribution in [2.75, 3.05) is 7.11 Å². The van der Waals surface area contributed by atoms with E-state index in [9.17, 15) is 0 Å². The highest BCUT2D eigenvalue weighted by Gasteiger charge is 2.08. The molecule has 0 fully saturated rings. The topological polar surface area (TPSA) is 9.23 Å². The first-order valence-electron chi connectivity index (χ1n) is 5.61. The van der Waals surface area contributed by atoms with Crippen molar-refractivity contribution in [2.45, 2.75) is 11.2 Å². The van der Waals surface area contributed by atoms with Gasteiger partial charge in [0.1, 0.15) is 5.75 Å². The molecule has 2 aromatic rings. The fourth-order valence-electron chi connectivity index (χ4n) is 1.75. The average Bonchev–Trinajstić information content (AvgIpc) is 2.40. The van der Waals surface area contributed by atoms with E-state index in [0.29, 0.717) is 4.83 Å². The van der Waals surface area contributed by atoms with E-state index in [2.05, 4.69) is 52.3 Å². The number of alkyl halides is 1. The minimum Gasteiger partial charge on any atom is -0.497 e. The molecule has 88 valence electrons. The first-order valence-corrected chi connectivity index (χ1v) is 6.53. The van der Waals surface area contributed by atoms with Crippen LogP contribution in [0, 0.1) is 0 Å². The van der Waals surface area contributed by atoms with Gasteiger partial charge in [-0.15, -0.1) is 0 Å². The van der Waals surface area contributed by atoms with E-state index in [1.54, 1.807) is 7.11 Å². The quantitative estimate of drug-likeness (QED) is 0.760. The van der Waals surface area contributed by atoms with Crippen LogP contribution in [-0.4, -0.2) is 7.11 Å². The number of benzene rings is 2. The van der Waals surface area contributed by atoms with Gasteiger partial charge in [0.2, 0.25) is 0 Å². The van der Waals surface area contributed by atoms with Crippen molar-refractivity contribution >= 4 is 15.9 Å². The Balaban J connectivity index is 2.06. The normalized spacial score (nSPS) is 12.1. The van der Waals surface area contributed by atoms with E-state index in [4.69, 9.17) is 4.74 Å². The third-order valence-corrected chi connectivity index (χ3v) is 3.59. The minimum atomic E-state index is 0.343. The molecule has 0 amide bonds. The molecule has 17 heavy (non-hydrogen) atoms. The number of rotatable bonds is 4. The molecular formula is C15H15BrO. The van der Waals surface area contributed by atoms with Gasteiger partial charge in [-0.3, -0.25) is 0 Å². The van der Waals surface area contributed by atoms with Gasteiger partial charge in [0.05, 0.1) is 7.11 Å². The van der Waals surface area contributed by atoms with Gasteiger partial charge in [0.15, 0.2) is 0 Å². The van der Waals surface area contributed by atoms with E-state index in [-0.39, 0.29) is 0 Å². The third-order valence-electron chi connectivity index (χ3n) is 2.74. The molecule has 0 heterocycles. The third kappa shape index (κ3) is 3.34. The van der Waals surface area contributed by atoms with Crippen LogP contribution in [0.5, 0.6) is 5.75 Å². The fraction of sp³-hybridized carbons (Fsp3) is 0.200. The van der Waals surface area contributed by atoms with Crippen molar-refractivity contribution in [3.63, 3.8) is 0 Å². The van der Waals surface area contributed by atoms with Crippen molar-refractivity contribution in [2.24, 2.45) is 0 Å². The van der Waals surface area contributed by atoms with Gasteiger partial charge < -0.3 is 4.74 Å². The van der Waals surface area contributed by atoms with Crippen LogP contribution in [0.2, 0.25) is 0 Å². The molecule has 2 heteroatoms. The Morgan fingerprint density at radius 1 is 1.00 bits per heavy atom.